The molecule has 0 bridgehead atoms. The van der Waals surface area contributed by atoms with Crippen molar-refractivity contribution in [1.29, 1.82) is 0 Å². The van der Waals surface area contributed by atoms with E-state index in [-0.39, 0.29) is 10.5 Å². The molecule has 1 atom stereocenters. The van der Waals surface area contributed by atoms with E-state index in [4.69, 9.17) is 0 Å². The highest BCUT2D eigenvalue weighted by Crippen LogP contribution is 2.39. The van der Waals surface area contributed by atoms with Gasteiger partial charge in [0.2, 0.25) is 9.84 Å². The number of sulfone groups is 1. The number of carbonyl (C=O) groups excluding carboxylic acids is 2. The van der Waals surface area contributed by atoms with Gasteiger partial charge in [-0.3, -0.25) is 9.69 Å². The summed E-state index contributed by atoms with van der Waals surface area (Å²) in [4.78, 5) is 26.1. The predicted octanol–water partition coefficient (Wildman–Crippen LogP) is 4.31. The number of nitrogens with one attached hydrogen (secondary N) is 2. The molecule has 0 saturated carbocycles. The fourth-order valence-corrected chi connectivity index (χ4v) is 6.22. The first-order chi connectivity index (χ1) is 17.1. The van der Waals surface area contributed by atoms with E-state index in [0.717, 1.165) is 29.4 Å². The summed E-state index contributed by atoms with van der Waals surface area (Å²) in [6, 6.07) is 14.8. The molecule has 186 valence electrons. The highest BCUT2D eigenvalue weighted by molar-refractivity contribution is 7.92. The molecule has 2 heterocycles. The molecule has 2 N–H and O–H groups in total. The van der Waals surface area contributed by atoms with Crippen molar-refractivity contribution in [3.63, 3.8) is 0 Å². The van der Waals surface area contributed by atoms with Gasteiger partial charge in [0, 0.05) is 23.4 Å². The third kappa shape index (κ3) is 4.09. The quantitative estimate of drug-likeness (QED) is 0.540. The minimum absolute atomic E-state index is 0.00909. The molecule has 0 aliphatic carbocycles. The fourth-order valence-electron chi connectivity index (χ4n) is 4.53. The van der Waals surface area contributed by atoms with Crippen LogP contribution in [-0.2, 0) is 22.4 Å². The van der Waals surface area contributed by atoms with Crippen molar-refractivity contribution in [2.75, 3.05) is 18.4 Å². The lowest BCUT2D eigenvalue weighted by atomic mass is 9.98. The largest absolute Gasteiger partial charge is 0.416 e. The molecule has 11 heteroatoms. The van der Waals surface area contributed by atoms with Crippen LogP contribution in [0.4, 0.5) is 23.7 Å². The summed E-state index contributed by atoms with van der Waals surface area (Å²) < 4.78 is 66.7. The third-order valence-electron chi connectivity index (χ3n) is 6.27. The van der Waals surface area contributed by atoms with Gasteiger partial charge in [-0.15, -0.1) is 0 Å². The Kier molecular flexibility index (Phi) is 5.74. The Morgan fingerprint density at radius 2 is 1.75 bits per heavy atom. The molecule has 1 saturated heterocycles. The lowest BCUT2D eigenvalue weighted by Crippen LogP contribution is -2.35. The zero-order valence-electron chi connectivity index (χ0n) is 18.7. The van der Waals surface area contributed by atoms with Crippen LogP contribution in [-0.4, -0.2) is 43.7 Å². The number of nitrogens with zero attached hydrogens (tertiary/aromatic N) is 1. The summed E-state index contributed by atoms with van der Waals surface area (Å²) in [6.07, 6.45) is -4.06. The Hall–Kier alpha value is -3.86. The van der Waals surface area contributed by atoms with Gasteiger partial charge in [-0.05, 0) is 47.9 Å². The molecule has 2 aliphatic heterocycles. The Balaban J connectivity index is 1.49. The van der Waals surface area contributed by atoms with Crippen LogP contribution in [0.2, 0.25) is 0 Å². The molecular weight excluding hydrogens is 495 g/mol. The van der Waals surface area contributed by atoms with E-state index in [2.05, 4.69) is 10.6 Å². The Bertz CT molecular complexity index is 1470. The number of anilines is 1. The van der Waals surface area contributed by atoms with Crippen LogP contribution < -0.4 is 10.6 Å². The standard InChI is InChI=1S/C25H20F3N3O4S/c26-25(27,28)17-8-4-7-16(13-17)23(32)31-14-21(30-24(31)33)36(34,35)20-10-9-19-18(11-12-29-19)22(20)15-5-2-1-3-6-15/h1-10,13,21,29H,11-12,14H2,(H,30,33). The molecule has 3 aromatic carbocycles. The summed E-state index contributed by atoms with van der Waals surface area (Å²) in [7, 11) is -4.19. The fraction of sp³-hybridized carbons (Fsp3) is 0.200. The van der Waals surface area contributed by atoms with Crippen molar-refractivity contribution in [3.05, 3.63) is 83.4 Å². The van der Waals surface area contributed by atoms with E-state index in [0.29, 0.717) is 35.1 Å². The minimum atomic E-state index is -4.67. The highest BCUT2D eigenvalue weighted by atomic mass is 32.2. The smallest absolute Gasteiger partial charge is 0.384 e. The number of benzene rings is 3. The Morgan fingerprint density at radius 1 is 1.00 bits per heavy atom. The number of hydrogen-bond acceptors (Lipinski definition) is 5. The lowest BCUT2D eigenvalue weighted by molar-refractivity contribution is -0.137. The molecule has 2 aliphatic rings. The average Bonchev–Trinajstić information content (AvgIpc) is 3.50. The molecule has 1 fully saturated rings. The summed E-state index contributed by atoms with van der Waals surface area (Å²) >= 11 is 0. The van der Waals surface area contributed by atoms with Gasteiger partial charge in [-0.25, -0.2) is 13.2 Å². The summed E-state index contributed by atoms with van der Waals surface area (Å²) in [6.45, 7) is 0.109. The van der Waals surface area contributed by atoms with E-state index < -0.39 is 45.4 Å². The maximum absolute atomic E-state index is 13.7. The van der Waals surface area contributed by atoms with Crippen LogP contribution in [0.3, 0.4) is 0 Å². The van der Waals surface area contributed by atoms with Gasteiger partial charge in [0.25, 0.3) is 5.91 Å². The molecule has 0 aromatic heterocycles. The lowest BCUT2D eigenvalue weighted by Gasteiger charge is -2.18. The maximum atomic E-state index is 13.7. The van der Waals surface area contributed by atoms with Crippen LogP contribution in [0.25, 0.3) is 11.1 Å². The summed E-state index contributed by atoms with van der Waals surface area (Å²) in [5.74, 6) is -1.02. The first kappa shape index (κ1) is 23.9. The van der Waals surface area contributed by atoms with Crippen LogP contribution in [0.5, 0.6) is 0 Å². The number of amides is 3. The number of rotatable bonds is 4. The summed E-state index contributed by atoms with van der Waals surface area (Å²) in [5, 5.41) is 4.08. The molecule has 0 radical (unpaired) electrons. The van der Waals surface area contributed by atoms with Crippen molar-refractivity contribution >= 4 is 27.5 Å². The molecule has 7 nitrogen and oxygen atoms in total. The highest BCUT2D eigenvalue weighted by Gasteiger charge is 2.43. The first-order valence-electron chi connectivity index (χ1n) is 11.1. The number of urea groups is 1. The van der Waals surface area contributed by atoms with Crippen LogP contribution in [0.15, 0.2) is 71.6 Å². The number of carbonyl (C=O) groups is 2. The maximum Gasteiger partial charge on any atom is 0.416 e. The van der Waals surface area contributed by atoms with Crippen molar-refractivity contribution in [2.24, 2.45) is 0 Å². The van der Waals surface area contributed by atoms with E-state index in [1.165, 1.54) is 6.07 Å². The average molecular weight is 516 g/mol. The van der Waals surface area contributed by atoms with Crippen molar-refractivity contribution in [3.8, 4) is 11.1 Å². The van der Waals surface area contributed by atoms with Gasteiger partial charge in [0.05, 0.1) is 17.0 Å². The van der Waals surface area contributed by atoms with Crippen molar-refractivity contribution < 1.29 is 31.2 Å². The van der Waals surface area contributed by atoms with Crippen LogP contribution >= 0.6 is 0 Å². The molecule has 3 amide bonds. The molecule has 36 heavy (non-hydrogen) atoms. The van der Waals surface area contributed by atoms with E-state index in [9.17, 15) is 31.2 Å². The minimum Gasteiger partial charge on any atom is -0.384 e. The third-order valence-corrected chi connectivity index (χ3v) is 8.24. The van der Waals surface area contributed by atoms with Gasteiger partial charge < -0.3 is 10.6 Å². The molecular formula is C25H20F3N3O4S. The van der Waals surface area contributed by atoms with Crippen molar-refractivity contribution in [2.45, 2.75) is 22.9 Å². The van der Waals surface area contributed by atoms with E-state index in [1.807, 2.05) is 6.07 Å². The Labute approximate surface area is 204 Å². The second-order valence-corrected chi connectivity index (χ2v) is 10.6. The molecule has 5 rings (SSSR count). The molecule has 3 aromatic rings. The first-order valence-corrected chi connectivity index (χ1v) is 12.6. The van der Waals surface area contributed by atoms with Gasteiger partial charge >= 0.3 is 12.2 Å². The SMILES string of the molecule is O=C1NC(S(=O)(=O)c2ccc3c(c2-c2ccccc2)CCN3)CN1C(=O)c1cccc(C(F)(F)F)c1. The zero-order valence-corrected chi connectivity index (χ0v) is 19.5. The monoisotopic (exact) mass is 515 g/mol. The second-order valence-electron chi connectivity index (χ2n) is 8.49. The van der Waals surface area contributed by atoms with E-state index >= 15 is 0 Å². The van der Waals surface area contributed by atoms with Crippen molar-refractivity contribution in [1.82, 2.24) is 10.2 Å². The van der Waals surface area contributed by atoms with Gasteiger partial charge in [0.1, 0.15) is 0 Å². The van der Waals surface area contributed by atoms with Crippen LogP contribution in [0, 0.1) is 0 Å². The second kappa shape index (κ2) is 8.66. The number of halogens is 3. The topological polar surface area (TPSA) is 95.6 Å². The normalized spacial score (nSPS) is 17.5. The van der Waals surface area contributed by atoms with E-state index in [1.54, 1.807) is 30.3 Å². The number of fused-ring (bicyclic) bond motifs is 1. The number of hydrogen-bond donors (Lipinski definition) is 2. The van der Waals surface area contributed by atoms with Gasteiger partial charge in [-0.1, -0.05) is 36.4 Å². The van der Waals surface area contributed by atoms with Gasteiger partial charge in [-0.2, -0.15) is 13.2 Å². The van der Waals surface area contributed by atoms with Crippen LogP contribution in [0.1, 0.15) is 21.5 Å². The molecule has 1 unspecified atom stereocenters. The van der Waals surface area contributed by atoms with Gasteiger partial charge in [0.15, 0.2) is 5.37 Å². The zero-order chi connectivity index (χ0) is 25.7. The number of alkyl halides is 3. The Morgan fingerprint density at radius 3 is 2.47 bits per heavy atom. The summed E-state index contributed by atoms with van der Waals surface area (Å²) in [5.41, 5.74) is 1.46. The predicted molar refractivity (Wildman–Crippen MR) is 126 cm³/mol. The number of imide groups is 1. The molecule has 0 spiro atoms.